The van der Waals surface area contributed by atoms with Crippen LogP contribution in [0.1, 0.15) is 10.4 Å². The average Bonchev–Trinajstić information content (AvgIpc) is 2.79. The van der Waals surface area contributed by atoms with Gasteiger partial charge in [0.05, 0.1) is 68.6 Å². The molecule has 13 heteroatoms. The lowest BCUT2D eigenvalue weighted by Gasteiger charge is -2.17. The molecule has 168 valence electrons. The molecule has 3 rings (SSSR count). The van der Waals surface area contributed by atoms with Crippen molar-refractivity contribution >= 4 is 122 Å². The van der Waals surface area contributed by atoms with Crippen molar-refractivity contribution in [3.05, 3.63) is 68.1 Å². The number of rotatable bonds is 3. The molecule has 0 saturated carbocycles. The molecule has 0 spiro atoms. The van der Waals surface area contributed by atoms with Crippen LogP contribution in [-0.4, -0.2) is 18.1 Å². The number of hydrogen-bond acceptors (Lipinski definition) is 3. The van der Waals surface area contributed by atoms with E-state index in [9.17, 15) is 4.79 Å². The Morgan fingerprint density at radius 3 is 1.44 bits per heavy atom. The molecule has 32 heavy (non-hydrogen) atoms. The molecule has 0 atom stereocenters. The molecule has 0 saturated heterocycles. The molecule has 2 aromatic carbocycles. The molecule has 0 radical (unpaired) electrons. The normalized spacial score (nSPS) is 11.1. The first-order chi connectivity index (χ1) is 14.9. The first-order valence-electron chi connectivity index (χ1n) is 8.05. The van der Waals surface area contributed by atoms with Gasteiger partial charge in [-0.05, 0) is 6.07 Å². The molecule has 0 aliphatic rings. The number of benzene rings is 2. The number of pyridine rings is 1. The number of hydrogen-bond donors (Lipinski definition) is 0. The highest BCUT2D eigenvalue weighted by Crippen LogP contribution is 2.51. The predicted molar refractivity (Wildman–Crippen MR) is 137 cm³/mol. The summed E-state index contributed by atoms with van der Waals surface area (Å²) in [6, 6.07) is 1.35. The van der Waals surface area contributed by atoms with E-state index in [0.29, 0.717) is 0 Å². The smallest absolute Gasteiger partial charge is 0.338 e. The second kappa shape index (κ2) is 10.3. The molecule has 1 heterocycles. The monoisotopic (exact) mass is 629 g/mol. The number of nitrogens with zero attached hydrogens (tertiary/aromatic N) is 1. The zero-order valence-corrected chi connectivity index (χ0v) is 22.8. The number of aromatic nitrogens is 1. The van der Waals surface area contributed by atoms with Crippen molar-refractivity contribution < 1.29 is 9.53 Å². The third-order valence-corrected chi connectivity index (χ3v) is 8.81. The molecule has 0 aliphatic heterocycles. The van der Waals surface area contributed by atoms with Crippen LogP contribution >= 0.6 is 116 Å². The molecule has 0 unspecified atom stereocenters. The van der Waals surface area contributed by atoms with Gasteiger partial charge in [0.1, 0.15) is 0 Å². The number of esters is 1. The zero-order valence-electron chi connectivity index (χ0n) is 15.2. The van der Waals surface area contributed by atoms with Gasteiger partial charge in [0, 0.05) is 22.9 Å². The summed E-state index contributed by atoms with van der Waals surface area (Å²) in [5.74, 6) is -0.753. The van der Waals surface area contributed by atoms with Gasteiger partial charge in [0.25, 0.3) is 0 Å². The molecule has 1 aromatic heterocycles. The second-order valence-electron chi connectivity index (χ2n) is 6.00. The summed E-state index contributed by atoms with van der Waals surface area (Å²) in [6.07, 6.45) is 1.29. The standard InChI is InChI=1S/C19H5Cl10NO2/c1-32-19(31)4-2-6(8-11(22)15(26)18(29)16(27)12(8)23)30-3-5(4)7-9(20)13(24)17(28)14(25)10(7)21/h2-3H,1H3. The topological polar surface area (TPSA) is 39.2 Å². The van der Waals surface area contributed by atoms with E-state index in [0.717, 1.165) is 0 Å². The number of carbonyl (C=O) groups excluding carboxylic acids is 1. The molecule has 0 N–H and O–H groups in total. The van der Waals surface area contributed by atoms with Crippen molar-refractivity contribution in [2.75, 3.05) is 7.11 Å². The van der Waals surface area contributed by atoms with Gasteiger partial charge < -0.3 is 4.74 Å². The summed E-state index contributed by atoms with van der Waals surface area (Å²) in [7, 11) is 1.19. The Labute approximate surface area is 232 Å². The molecule has 3 nitrogen and oxygen atoms in total. The fourth-order valence-corrected chi connectivity index (χ4v) is 5.42. The van der Waals surface area contributed by atoms with Crippen LogP contribution in [-0.2, 0) is 4.74 Å². The van der Waals surface area contributed by atoms with Crippen LogP contribution in [0.4, 0.5) is 0 Å². The van der Waals surface area contributed by atoms with Crippen LogP contribution in [0.15, 0.2) is 12.3 Å². The third kappa shape index (κ3) is 4.47. The van der Waals surface area contributed by atoms with Gasteiger partial charge in [-0.15, -0.1) is 0 Å². The Hall–Kier alpha value is -0.0400. The minimum Gasteiger partial charge on any atom is -0.465 e. The largest absolute Gasteiger partial charge is 0.465 e. The predicted octanol–water partition coefficient (Wildman–Crippen LogP) is 10.7. The van der Waals surface area contributed by atoms with Crippen LogP contribution in [0.3, 0.4) is 0 Å². The van der Waals surface area contributed by atoms with Gasteiger partial charge in [-0.3, -0.25) is 4.98 Å². The van der Waals surface area contributed by atoms with Crippen LogP contribution < -0.4 is 0 Å². The van der Waals surface area contributed by atoms with Crippen LogP contribution in [0.5, 0.6) is 0 Å². The van der Waals surface area contributed by atoms with E-state index in [-0.39, 0.29) is 78.2 Å². The maximum Gasteiger partial charge on any atom is 0.338 e. The minimum absolute atomic E-state index is 0.00918. The van der Waals surface area contributed by atoms with E-state index in [1.165, 1.54) is 19.4 Å². The molecule has 0 aliphatic carbocycles. The maximum atomic E-state index is 12.6. The Balaban J connectivity index is 2.39. The second-order valence-corrected chi connectivity index (χ2v) is 9.78. The Bertz CT molecular complexity index is 1230. The van der Waals surface area contributed by atoms with Gasteiger partial charge in [-0.2, -0.15) is 0 Å². The summed E-state index contributed by atoms with van der Waals surface area (Å²) in [5.41, 5.74) is 0.563. The van der Waals surface area contributed by atoms with E-state index in [2.05, 4.69) is 4.98 Å². The van der Waals surface area contributed by atoms with Crippen LogP contribution in [0, 0.1) is 0 Å². The molecular formula is C19H5Cl10NO2. The molecular weight excluding hydrogens is 629 g/mol. The highest BCUT2D eigenvalue weighted by molar-refractivity contribution is 6.57. The SMILES string of the molecule is COC(=O)c1cc(-c2c(Cl)c(Cl)c(Cl)c(Cl)c2Cl)ncc1-c1c(Cl)c(Cl)c(Cl)c(Cl)c1Cl. The summed E-state index contributed by atoms with van der Waals surface area (Å²) >= 11 is 62.2. The number of halogens is 10. The van der Waals surface area contributed by atoms with Gasteiger partial charge in [0.15, 0.2) is 0 Å². The molecule has 0 amide bonds. The quantitative estimate of drug-likeness (QED) is 0.164. The lowest BCUT2D eigenvalue weighted by atomic mass is 9.99. The molecule has 0 fully saturated rings. The minimum atomic E-state index is -0.753. The first kappa shape index (κ1) is 26.6. The van der Waals surface area contributed by atoms with Crippen molar-refractivity contribution in [2.24, 2.45) is 0 Å². The van der Waals surface area contributed by atoms with Crippen molar-refractivity contribution in [1.29, 1.82) is 0 Å². The summed E-state index contributed by atoms with van der Waals surface area (Å²) in [5, 5.41) is -0.372. The van der Waals surface area contributed by atoms with E-state index in [4.69, 9.17) is 121 Å². The van der Waals surface area contributed by atoms with Gasteiger partial charge >= 0.3 is 5.97 Å². The zero-order chi connectivity index (χ0) is 24.1. The summed E-state index contributed by atoms with van der Waals surface area (Å²) in [6.45, 7) is 0. The molecule has 3 aromatic rings. The van der Waals surface area contributed by atoms with Crippen LogP contribution in [0.2, 0.25) is 50.2 Å². The van der Waals surface area contributed by atoms with Crippen molar-refractivity contribution in [3.63, 3.8) is 0 Å². The first-order valence-corrected chi connectivity index (χ1v) is 11.8. The Morgan fingerprint density at radius 2 is 1.03 bits per heavy atom. The average molecular weight is 634 g/mol. The van der Waals surface area contributed by atoms with Crippen LogP contribution in [0.25, 0.3) is 22.4 Å². The lowest BCUT2D eigenvalue weighted by molar-refractivity contribution is 0.0601. The summed E-state index contributed by atoms with van der Waals surface area (Å²) < 4.78 is 4.90. The number of carbonyl (C=O) groups is 1. The maximum absolute atomic E-state index is 12.6. The Kier molecular flexibility index (Phi) is 8.54. The van der Waals surface area contributed by atoms with Gasteiger partial charge in [-0.1, -0.05) is 116 Å². The fraction of sp³-hybridized carbons (Fsp3) is 0.0526. The third-order valence-electron chi connectivity index (χ3n) is 4.25. The summed E-state index contributed by atoms with van der Waals surface area (Å²) in [4.78, 5) is 17.0. The van der Waals surface area contributed by atoms with Gasteiger partial charge in [0.2, 0.25) is 0 Å². The van der Waals surface area contributed by atoms with Crippen molar-refractivity contribution in [2.45, 2.75) is 0 Å². The van der Waals surface area contributed by atoms with E-state index in [1.807, 2.05) is 0 Å². The highest BCUT2D eigenvalue weighted by Gasteiger charge is 2.27. The van der Waals surface area contributed by atoms with Crippen molar-refractivity contribution in [3.8, 4) is 22.4 Å². The fourth-order valence-electron chi connectivity index (χ4n) is 2.74. The number of methoxy groups -OCH3 is 1. The lowest BCUT2D eigenvalue weighted by Crippen LogP contribution is -2.06. The number of ether oxygens (including phenoxy) is 1. The highest BCUT2D eigenvalue weighted by atomic mass is 35.5. The van der Waals surface area contributed by atoms with Gasteiger partial charge in [-0.25, -0.2) is 4.79 Å². The van der Waals surface area contributed by atoms with Crippen molar-refractivity contribution in [1.82, 2.24) is 4.98 Å². The van der Waals surface area contributed by atoms with E-state index < -0.39 is 5.97 Å². The van der Waals surface area contributed by atoms with E-state index in [1.54, 1.807) is 0 Å². The van der Waals surface area contributed by atoms with E-state index >= 15 is 0 Å². The molecule has 0 bridgehead atoms. The Morgan fingerprint density at radius 1 is 0.656 bits per heavy atom.